The lowest BCUT2D eigenvalue weighted by atomic mass is 10.0. The highest BCUT2D eigenvalue weighted by Gasteiger charge is 2.29. The number of carbonyl (C=O) groups is 1. The van der Waals surface area contributed by atoms with Gasteiger partial charge in [-0.2, -0.15) is 0 Å². The number of hydrogen-bond donors (Lipinski definition) is 2. The highest BCUT2D eigenvalue weighted by molar-refractivity contribution is 7.09. The quantitative estimate of drug-likeness (QED) is 0.901. The summed E-state index contributed by atoms with van der Waals surface area (Å²) >= 11 is 1.62. The first-order valence-corrected chi connectivity index (χ1v) is 7.08. The number of imidazole rings is 1. The summed E-state index contributed by atoms with van der Waals surface area (Å²) in [6, 6.07) is 3.97. The molecule has 0 radical (unpaired) electrons. The van der Waals surface area contributed by atoms with Gasteiger partial charge in [0.05, 0.1) is 11.8 Å². The molecule has 3 heterocycles. The van der Waals surface area contributed by atoms with Crippen molar-refractivity contribution in [2.45, 2.75) is 31.9 Å². The molecular formula is C13H14N2O3S. The van der Waals surface area contributed by atoms with Gasteiger partial charge < -0.3 is 14.8 Å². The molecule has 19 heavy (non-hydrogen) atoms. The van der Waals surface area contributed by atoms with E-state index in [1.807, 2.05) is 22.1 Å². The number of hydrogen-bond acceptors (Lipinski definition) is 4. The maximum absolute atomic E-state index is 11.2. The molecule has 1 aliphatic rings. The number of carboxylic acids is 1. The highest BCUT2D eigenvalue weighted by Crippen LogP contribution is 2.30. The minimum absolute atomic E-state index is 0.00115. The van der Waals surface area contributed by atoms with Gasteiger partial charge in [0.2, 0.25) is 0 Å². The number of fused-ring (bicyclic) bond motifs is 1. The maximum atomic E-state index is 11.2. The lowest BCUT2D eigenvalue weighted by Gasteiger charge is -2.21. The Kier molecular flexibility index (Phi) is 3.12. The Hall–Kier alpha value is -1.66. The van der Waals surface area contributed by atoms with Gasteiger partial charge >= 0.3 is 5.97 Å². The van der Waals surface area contributed by atoms with Crippen LogP contribution in [0.4, 0.5) is 0 Å². The number of nitrogens with zero attached hydrogens (tertiary/aromatic N) is 2. The molecule has 2 N–H and O–H groups in total. The monoisotopic (exact) mass is 278 g/mol. The standard InChI is InChI=1S/C13H14N2O3S/c16-9-4-1-5-15-10(7-8-3-2-6-19-8)14-11(12(9)15)13(17)18/h2-3,6,9,16H,1,4-5,7H2,(H,17,18). The van der Waals surface area contributed by atoms with Crippen molar-refractivity contribution >= 4 is 17.3 Å². The molecule has 1 aliphatic heterocycles. The van der Waals surface area contributed by atoms with Gasteiger partial charge in [0.15, 0.2) is 5.69 Å². The van der Waals surface area contributed by atoms with Gasteiger partial charge in [-0.15, -0.1) is 11.3 Å². The van der Waals surface area contributed by atoms with Crippen LogP contribution in [0.5, 0.6) is 0 Å². The zero-order valence-corrected chi connectivity index (χ0v) is 11.1. The van der Waals surface area contributed by atoms with Crippen molar-refractivity contribution in [2.75, 3.05) is 0 Å². The molecule has 2 aromatic rings. The molecule has 0 spiro atoms. The van der Waals surface area contributed by atoms with E-state index >= 15 is 0 Å². The Morgan fingerprint density at radius 1 is 1.58 bits per heavy atom. The second-order valence-electron chi connectivity index (χ2n) is 4.63. The van der Waals surface area contributed by atoms with E-state index < -0.39 is 12.1 Å². The van der Waals surface area contributed by atoms with Crippen molar-refractivity contribution in [2.24, 2.45) is 0 Å². The van der Waals surface area contributed by atoms with Crippen LogP contribution in [0, 0.1) is 0 Å². The van der Waals surface area contributed by atoms with Crippen LogP contribution in [0.2, 0.25) is 0 Å². The van der Waals surface area contributed by atoms with E-state index in [1.54, 1.807) is 11.3 Å². The van der Waals surface area contributed by atoms with Crippen molar-refractivity contribution in [3.8, 4) is 0 Å². The third-order valence-electron chi connectivity index (χ3n) is 3.38. The van der Waals surface area contributed by atoms with Gasteiger partial charge in [-0.3, -0.25) is 0 Å². The third kappa shape index (κ3) is 2.17. The Bertz CT molecular complexity index is 604. The number of aliphatic hydroxyl groups excluding tert-OH is 1. The molecule has 6 heteroatoms. The van der Waals surface area contributed by atoms with E-state index in [0.717, 1.165) is 23.7 Å². The Morgan fingerprint density at radius 2 is 2.42 bits per heavy atom. The fourth-order valence-electron chi connectivity index (χ4n) is 2.54. The van der Waals surface area contributed by atoms with Crippen molar-refractivity contribution in [1.82, 2.24) is 9.55 Å². The minimum atomic E-state index is -1.07. The van der Waals surface area contributed by atoms with Crippen LogP contribution >= 0.6 is 11.3 Å². The van der Waals surface area contributed by atoms with Crippen molar-refractivity contribution in [3.63, 3.8) is 0 Å². The van der Waals surface area contributed by atoms with E-state index in [-0.39, 0.29) is 5.69 Å². The van der Waals surface area contributed by atoms with Crippen molar-refractivity contribution < 1.29 is 15.0 Å². The van der Waals surface area contributed by atoms with Crippen LogP contribution in [0.25, 0.3) is 0 Å². The number of thiophene rings is 1. The van der Waals surface area contributed by atoms with E-state index in [2.05, 4.69) is 4.98 Å². The number of rotatable bonds is 3. The number of carboxylic acid groups (broad SMARTS) is 1. The Balaban J connectivity index is 2.05. The summed E-state index contributed by atoms with van der Waals surface area (Å²) in [5, 5.41) is 21.2. The van der Waals surface area contributed by atoms with Gasteiger partial charge in [-0.05, 0) is 24.3 Å². The maximum Gasteiger partial charge on any atom is 0.356 e. The summed E-state index contributed by atoms with van der Waals surface area (Å²) in [5.41, 5.74) is 0.462. The van der Waals surface area contributed by atoms with Crippen molar-refractivity contribution in [1.29, 1.82) is 0 Å². The zero-order valence-electron chi connectivity index (χ0n) is 10.2. The summed E-state index contributed by atoms with van der Waals surface area (Å²) in [6.45, 7) is 0.730. The molecule has 0 saturated carbocycles. The molecule has 0 amide bonds. The summed E-state index contributed by atoms with van der Waals surface area (Å²) < 4.78 is 1.87. The number of aliphatic hydroxyl groups is 1. The first-order valence-electron chi connectivity index (χ1n) is 6.20. The summed E-state index contributed by atoms with van der Waals surface area (Å²) in [6.07, 6.45) is 1.35. The predicted molar refractivity (Wildman–Crippen MR) is 70.5 cm³/mol. The second-order valence-corrected chi connectivity index (χ2v) is 5.67. The van der Waals surface area contributed by atoms with Gasteiger partial charge in [0.25, 0.3) is 0 Å². The van der Waals surface area contributed by atoms with E-state index in [4.69, 9.17) is 0 Å². The molecule has 0 fully saturated rings. The Morgan fingerprint density at radius 3 is 3.11 bits per heavy atom. The predicted octanol–water partition coefficient (Wildman–Crippen LogP) is 2.06. The highest BCUT2D eigenvalue weighted by atomic mass is 32.1. The van der Waals surface area contributed by atoms with Gasteiger partial charge in [-0.1, -0.05) is 6.07 Å². The van der Waals surface area contributed by atoms with Crippen LogP contribution in [-0.2, 0) is 13.0 Å². The van der Waals surface area contributed by atoms with E-state index in [9.17, 15) is 15.0 Å². The van der Waals surface area contributed by atoms with Crippen LogP contribution in [-0.4, -0.2) is 25.7 Å². The fraction of sp³-hybridized carbons (Fsp3) is 0.385. The minimum Gasteiger partial charge on any atom is -0.476 e. The largest absolute Gasteiger partial charge is 0.476 e. The molecule has 0 aromatic carbocycles. The summed E-state index contributed by atoms with van der Waals surface area (Å²) in [4.78, 5) is 16.6. The molecule has 1 atom stereocenters. The Labute approximate surface area is 114 Å². The first-order chi connectivity index (χ1) is 9.16. The van der Waals surface area contributed by atoms with E-state index in [1.165, 1.54) is 0 Å². The molecule has 2 aromatic heterocycles. The van der Waals surface area contributed by atoms with Crippen LogP contribution in [0.3, 0.4) is 0 Å². The normalized spacial score (nSPS) is 18.3. The average molecular weight is 278 g/mol. The van der Waals surface area contributed by atoms with Gasteiger partial charge in [-0.25, -0.2) is 9.78 Å². The fourth-order valence-corrected chi connectivity index (χ4v) is 3.24. The summed E-state index contributed by atoms with van der Waals surface area (Å²) in [7, 11) is 0. The molecule has 1 unspecified atom stereocenters. The molecule has 100 valence electrons. The van der Waals surface area contributed by atoms with Gasteiger partial charge in [0.1, 0.15) is 5.82 Å². The summed E-state index contributed by atoms with van der Waals surface area (Å²) in [5.74, 6) is -0.337. The third-order valence-corrected chi connectivity index (χ3v) is 4.25. The molecular weight excluding hydrogens is 264 g/mol. The van der Waals surface area contributed by atoms with Crippen molar-refractivity contribution in [3.05, 3.63) is 39.6 Å². The number of aromatic nitrogens is 2. The lowest BCUT2D eigenvalue weighted by Crippen LogP contribution is -2.18. The average Bonchev–Trinajstić information content (AvgIpc) is 2.99. The van der Waals surface area contributed by atoms with Crippen LogP contribution < -0.4 is 0 Å². The molecule has 5 nitrogen and oxygen atoms in total. The lowest BCUT2D eigenvalue weighted by molar-refractivity contribution is 0.0677. The SMILES string of the molecule is O=C(O)c1nc(Cc2cccs2)n2c1C(O)CCC2. The molecule has 0 saturated heterocycles. The number of aromatic carboxylic acids is 1. The van der Waals surface area contributed by atoms with E-state index in [0.29, 0.717) is 18.5 Å². The smallest absolute Gasteiger partial charge is 0.356 e. The molecule has 0 bridgehead atoms. The van der Waals surface area contributed by atoms with Gasteiger partial charge in [0, 0.05) is 17.8 Å². The van der Waals surface area contributed by atoms with Crippen LogP contribution in [0.1, 0.15) is 45.8 Å². The molecule has 3 rings (SSSR count). The first kappa shape index (κ1) is 12.4. The topological polar surface area (TPSA) is 75.3 Å². The molecule has 0 aliphatic carbocycles. The zero-order chi connectivity index (χ0) is 13.4. The second kappa shape index (κ2) is 4.79. The van der Waals surface area contributed by atoms with Crippen LogP contribution in [0.15, 0.2) is 17.5 Å².